The maximum Gasteiger partial charge on any atom is 0.417 e. The van der Waals surface area contributed by atoms with Crippen molar-refractivity contribution in [2.45, 2.75) is 32.2 Å². The highest BCUT2D eigenvalue weighted by atomic mass is 16.4. The Balaban J connectivity index is 1.96. The van der Waals surface area contributed by atoms with Gasteiger partial charge in [-0.05, 0) is 38.0 Å². The predicted molar refractivity (Wildman–Crippen MR) is 73.0 cm³/mol. The Hall–Kier alpha value is -2.08. The molecule has 1 aromatic heterocycles. The van der Waals surface area contributed by atoms with Crippen molar-refractivity contribution in [3.63, 3.8) is 0 Å². The Bertz CT molecular complexity index is 627. The number of aromatic amines is 1. The number of oxazole rings is 1. The quantitative estimate of drug-likeness (QED) is 0.762. The third-order valence-corrected chi connectivity index (χ3v) is 2.77. The molecule has 1 amide bonds. The Morgan fingerprint density at radius 3 is 3.05 bits per heavy atom. The fourth-order valence-corrected chi connectivity index (χ4v) is 1.84. The smallest absolute Gasteiger partial charge is 0.408 e. The van der Waals surface area contributed by atoms with Crippen LogP contribution in [0, 0.1) is 0 Å². The molecule has 19 heavy (non-hydrogen) atoms. The number of hydrogen-bond acceptors (Lipinski definition) is 4. The molecule has 0 bridgehead atoms. The van der Waals surface area contributed by atoms with Gasteiger partial charge in [-0.1, -0.05) is 0 Å². The lowest BCUT2D eigenvalue weighted by Crippen LogP contribution is -2.16. The number of hydrogen-bond donors (Lipinski definition) is 3. The molecular formula is C13H17N3O3. The number of H-pyrrole nitrogens is 1. The van der Waals surface area contributed by atoms with Gasteiger partial charge in [-0.25, -0.2) is 4.79 Å². The van der Waals surface area contributed by atoms with E-state index < -0.39 is 5.76 Å². The second kappa shape index (κ2) is 5.71. The van der Waals surface area contributed by atoms with Gasteiger partial charge in [0.15, 0.2) is 5.58 Å². The SMILES string of the molecule is CC(N)CCCC(=O)Nc1ccc2oc(=O)[nH]c2c1. The van der Waals surface area contributed by atoms with Crippen molar-refractivity contribution >= 4 is 22.7 Å². The van der Waals surface area contributed by atoms with Gasteiger partial charge in [0, 0.05) is 18.2 Å². The summed E-state index contributed by atoms with van der Waals surface area (Å²) in [6.45, 7) is 1.92. The van der Waals surface area contributed by atoms with Crippen LogP contribution in [0.5, 0.6) is 0 Å². The lowest BCUT2D eigenvalue weighted by Gasteiger charge is -2.06. The average molecular weight is 263 g/mol. The van der Waals surface area contributed by atoms with Gasteiger partial charge < -0.3 is 15.5 Å². The van der Waals surface area contributed by atoms with E-state index in [0.717, 1.165) is 12.8 Å². The summed E-state index contributed by atoms with van der Waals surface area (Å²) in [4.78, 5) is 25.2. The topological polar surface area (TPSA) is 101 Å². The summed E-state index contributed by atoms with van der Waals surface area (Å²) in [6.07, 6.45) is 2.01. The molecule has 0 aliphatic heterocycles. The largest absolute Gasteiger partial charge is 0.417 e. The number of anilines is 1. The summed E-state index contributed by atoms with van der Waals surface area (Å²) in [5.41, 5.74) is 7.29. The summed E-state index contributed by atoms with van der Waals surface area (Å²) in [5.74, 6) is -0.568. The van der Waals surface area contributed by atoms with Crippen molar-refractivity contribution in [3.8, 4) is 0 Å². The zero-order valence-corrected chi connectivity index (χ0v) is 10.7. The Kier molecular flexibility index (Phi) is 4.01. The Morgan fingerprint density at radius 1 is 1.53 bits per heavy atom. The first kappa shape index (κ1) is 13.4. The van der Waals surface area contributed by atoms with E-state index in [4.69, 9.17) is 10.2 Å². The third kappa shape index (κ3) is 3.69. The van der Waals surface area contributed by atoms with Crippen LogP contribution in [0.4, 0.5) is 5.69 Å². The van der Waals surface area contributed by atoms with Crippen LogP contribution in [0.3, 0.4) is 0 Å². The molecule has 0 radical (unpaired) electrons. The van der Waals surface area contributed by atoms with E-state index in [0.29, 0.717) is 23.2 Å². The van der Waals surface area contributed by atoms with Crippen LogP contribution < -0.4 is 16.8 Å². The molecule has 0 saturated carbocycles. The van der Waals surface area contributed by atoms with Gasteiger partial charge in [0.25, 0.3) is 0 Å². The number of amides is 1. The lowest BCUT2D eigenvalue weighted by atomic mass is 10.1. The third-order valence-electron chi connectivity index (χ3n) is 2.77. The molecule has 1 heterocycles. The molecule has 1 aromatic carbocycles. The standard InChI is InChI=1S/C13H17N3O3/c1-8(14)3-2-4-12(17)15-9-5-6-11-10(7-9)16-13(18)19-11/h5-8H,2-4,14H2,1H3,(H,15,17)(H,16,18). The van der Waals surface area contributed by atoms with E-state index in [2.05, 4.69) is 10.3 Å². The highest BCUT2D eigenvalue weighted by Gasteiger charge is 2.06. The molecule has 2 aromatic rings. The van der Waals surface area contributed by atoms with Gasteiger partial charge in [0.1, 0.15) is 0 Å². The zero-order chi connectivity index (χ0) is 13.8. The molecular weight excluding hydrogens is 246 g/mol. The fraction of sp³-hybridized carbons (Fsp3) is 0.385. The van der Waals surface area contributed by atoms with Crippen molar-refractivity contribution in [1.82, 2.24) is 4.98 Å². The molecule has 0 aliphatic carbocycles. The molecule has 2 rings (SSSR count). The molecule has 1 atom stereocenters. The van der Waals surface area contributed by atoms with Crippen LogP contribution >= 0.6 is 0 Å². The molecule has 102 valence electrons. The molecule has 6 heteroatoms. The van der Waals surface area contributed by atoms with Crippen LogP contribution in [0.15, 0.2) is 27.4 Å². The Morgan fingerprint density at radius 2 is 2.32 bits per heavy atom. The molecule has 0 fully saturated rings. The molecule has 0 saturated heterocycles. The lowest BCUT2D eigenvalue weighted by molar-refractivity contribution is -0.116. The van der Waals surface area contributed by atoms with Crippen LogP contribution in [0.1, 0.15) is 26.2 Å². The Labute approximate surface area is 110 Å². The number of carbonyl (C=O) groups is 1. The summed E-state index contributed by atoms with van der Waals surface area (Å²) in [5, 5.41) is 2.77. The molecule has 6 nitrogen and oxygen atoms in total. The summed E-state index contributed by atoms with van der Waals surface area (Å²) in [6, 6.07) is 5.12. The van der Waals surface area contributed by atoms with Crippen molar-refractivity contribution in [1.29, 1.82) is 0 Å². The molecule has 0 aliphatic rings. The first-order chi connectivity index (χ1) is 9.04. The van der Waals surface area contributed by atoms with Crippen molar-refractivity contribution < 1.29 is 9.21 Å². The minimum atomic E-state index is -0.504. The van der Waals surface area contributed by atoms with E-state index in [-0.39, 0.29) is 11.9 Å². The maximum atomic E-state index is 11.7. The summed E-state index contributed by atoms with van der Waals surface area (Å²) < 4.78 is 4.88. The van der Waals surface area contributed by atoms with Crippen LogP contribution in [-0.2, 0) is 4.79 Å². The van der Waals surface area contributed by atoms with Crippen molar-refractivity contribution in [2.24, 2.45) is 5.73 Å². The van der Waals surface area contributed by atoms with Crippen molar-refractivity contribution in [3.05, 3.63) is 28.7 Å². The zero-order valence-electron chi connectivity index (χ0n) is 10.7. The van der Waals surface area contributed by atoms with Crippen LogP contribution in [0.2, 0.25) is 0 Å². The highest BCUT2D eigenvalue weighted by molar-refractivity contribution is 5.92. The van der Waals surface area contributed by atoms with Gasteiger partial charge in [-0.15, -0.1) is 0 Å². The number of carbonyl (C=O) groups excluding carboxylic acids is 1. The maximum absolute atomic E-state index is 11.7. The van der Waals surface area contributed by atoms with Gasteiger partial charge in [0.05, 0.1) is 5.52 Å². The first-order valence-corrected chi connectivity index (χ1v) is 6.23. The first-order valence-electron chi connectivity index (χ1n) is 6.23. The monoisotopic (exact) mass is 263 g/mol. The molecule has 1 unspecified atom stereocenters. The van der Waals surface area contributed by atoms with Gasteiger partial charge in [-0.3, -0.25) is 9.78 Å². The van der Waals surface area contributed by atoms with Crippen molar-refractivity contribution in [2.75, 3.05) is 5.32 Å². The van der Waals surface area contributed by atoms with E-state index in [1.807, 2.05) is 6.92 Å². The average Bonchev–Trinajstić information content (AvgIpc) is 2.67. The minimum Gasteiger partial charge on any atom is -0.408 e. The number of nitrogens with one attached hydrogen (secondary N) is 2. The van der Waals surface area contributed by atoms with E-state index in [1.165, 1.54) is 0 Å². The van der Waals surface area contributed by atoms with E-state index >= 15 is 0 Å². The highest BCUT2D eigenvalue weighted by Crippen LogP contribution is 2.16. The van der Waals surface area contributed by atoms with Gasteiger partial charge in [0.2, 0.25) is 5.91 Å². The number of fused-ring (bicyclic) bond motifs is 1. The normalized spacial score (nSPS) is 12.5. The number of benzene rings is 1. The molecule has 0 spiro atoms. The number of rotatable bonds is 5. The van der Waals surface area contributed by atoms with Crippen LogP contribution in [0.25, 0.3) is 11.1 Å². The van der Waals surface area contributed by atoms with Gasteiger partial charge >= 0.3 is 5.76 Å². The molecule has 4 N–H and O–H groups in total. The minimum absolute atomic E-state index is 0.0640. The second-order valence-electron chi connectivity index (χ2n) is 4.64. The van der Waals surface area contributed by atoms with Gasteiger partial charge in [-0.2, -0.15) is 0 Å². The number of nitrogens with two attached hydrogens (primary N) is 1. The van der Waals surface area contributed by atoms with Crippen LogP contribution in [-0.4, -0.2) is 16.9 Å². The second-order valence-corrected chi connectivity index (χ2v) is 4.64. The predicted octanol–water partition coefficient (Wildman–Crippen LogP) is 1.58. The van der Waals surface area contributed by atoms with E-state index in [9.17, 15) is 9.59 Å². The fourth-order valence-electron chi connectivity index (χ4n) is 1.84. The summed E-state index contributed by atoms with van der Waals surface area (Å²) >= 11 is 0. The number of aromatic nitrogens is 1. The summed E-state index contributed by atoms with van der Waals surface area (Å²) in [7, 11) is 0. The van der Waals surface area contributed by atoms with E-state index in [1.54, 1.807) is 18.2 Å².